The van der Waals surface area contributed by atoms with E-state index in [0.29, 0.717) is 18.2 Å². The molecule has 2 aromatic rings. The average molecular weight is 286 g/mol. The second kappa shape index (κ2) is 6.09. The summed E-state index contributed by atoms with van der Waals surface area (Å²) in [5, 5.41) is 4.28. The molecule has 1 unspecified atom stereocenters. The van der Waals surface area contributed by atoms with Crippen molar-refractivity contribution in [1.82, 2.24) is 5.32 Å². The summed E-state index contributed by atoms with van der Waals surface area (Å²) in [4.78, 5) is 4.46. The van der Waals surface area contributed by atoms with Gasteiger partial charge in [-0.1, -0.05) is 60.3 Å². The van der Waals surface area contributed by atoms with E-state index >= 15 is 0 Å². The molecular weight excluding hydrogens is 271 g/mol. The fourth-order valence-corrected chi connectivity index (χ4v) is 3.12. The van der Waals surface area contributed by atoms with E-state index in [0.717, 1.165) is 10.9 Å². The summed E-state index contributed by atoms with van der Waals surface area (Å²) >= 11 is 1.69. The van der Waals surface area contributed by atoms with Crippen LogP contribution in [0.2, 0.25) is 0 Å². The van der Waals surface area contributed by atoms with Crippen molar-refractivity contribution in [3.05, 3.63) is 71.5 Å². The zero-order valence-corrected chi connectivity index (χ0v) is 11.7. The standard InChI is InChI=1S/C16H15FN2S/c17-14-9-5-4-8-13(14)10-18-16-19-15(11-20-16)12-6-2-1-3-7-12/h1-9,15H,10-11H2,(H,18,19). The van der Waals surface area contributed by atoms with Gasteiger partial charge in [-0.3, -0.25) is 4.99 Å². The van der Waals surface area contributed by atoms with Crippen LogP contribution in [0.5, 0.6) is 0 Å². The molecular formula is C16H15FN2S. The first-order valence-corrected chi connectivity index (χ1v) is 7.53. The minimum atomic E-state index is -0.195. The summed E-state index contributed by atoms with van der Waals surface area (Å²) in [6.07, 6.45) is 0. The third kappa shape index (κ3) is 3.02. The fraction of sp³-hybridized carbons (Fsp3) is 0.188. The number of nitrogens with one attached hydrogen (secondary N) is 1. The molecule has 2 nitrogen and oxygen atoms in total. The second-order valence-electron chi connectivity index (χ2n) is 4.63. The Labute approximate surface area is 122 Å². The smallest absolute Gasteiger partial charge is 0.157 e. The van der Waals surface area contributed by atoms with Gasteiger partial charge in [-0.25, -0.2) is 4.39 Å². The van der Waals surface area contributed by atoms with E-state index in [9.17, 15) is 4.39 Å². The van der Waals surface area contributed by atoms with Crippen LogP contribution in [0.1, 0.15) is 17.2 Å². The first-order chi connectivity index (χ1) is 9.83. The van der Waals surface area contributed by atoms with Crippen LogP contribution < -0.4 is 5.32 Å². The van der Waals surface area contributed by atoms with E-state index < -0.39 is 0 Å². The van der Waals surface area contributed by atoms with E-state index in [1.54, 1.807) is 23.9 Å². The molecule has 3 rings (SSSR count). The zero-order chi connectivity index (χ0) is 13.8. The van der Waals surface area contributed by atoms with E-state index in [1.807, 2.05) is 24.3 Å². The quantitative estimate of drug-likeness (QED) is 0.929. The number of halogens is 1. The minimum absolute atomic E-state index is 0.195. The Morgan fingerprint density at radius 1 is 1.10 bits per heavy atom. The highest BCUT2D eigenvalue weighted by Gasteiger charge is 2.21. The summed E-state index contributed by atoms with van der Waals surface area (Å²) in [6, 6.07) is 17.4. The van der Waals surface area contributed by atoms with Gasteiger partial charge in [-0.2, -0.15) is 0 Å². The zero-order valence-electron chi connectivity index (χ0n) is 10.9. The van der Waals surface area contributed by atoms with Crippen molar-refractivity contribution in [3.63, 3.8) is 0 Å². The molecule has 1 N–H and O–H groups in total. The lowest BCUT2D eigenvalue weighted by atomic mass is 10.1. The summed E-state index contributed by atoms with van der Waals surface area (Å²) in [7, 11) is 0. The molecule has 20 heavy (non-hydrogen) atoms. The number of nitrogens with zero attached hydrogens (tertiary/aromatic N) is 1. The Morgan fingerprint density at radius 3 is 2.65 bits per heavy atom. The maximum absolute atomic E-state index is 13.5. The summed E-state index contributed by atoms with van der Waals surface area (Å²) in [6.45, 7) is 0.378. The average Bonchev–Trinajstić information content (AvgIpc) is 2.96. The van der Waals surface area contributed by atoms with Crippen LogP contribution in [0, 0.1) is 5.82 Å². The van der Waals surface area contributed by atoms with Gasteiger partial charge < -0.3 is 5.32 Å². The van der Waals surface area contributed by atoms with Gasteiger partial charge in [-0.05, 0) is 11.6 Å². The van der Waals surface area contributed by atoms with E-state index in [2.05, 4.69) is 22.4 Å². The van der Waals surface area contributed by atoms with Crippen molar-refractivity contribution in [2.45, 2.75) is 12.6 Å². The van der Waals surface area contributed by atoms with Gasteiger partial charge in [0.15, 0.2) is 5.17 Å². The molecule has 0 aliphatic carbocycles. The van der Waals surface area contributed by atoms with Crippen LogP contribution in [-0.4, -0.2) is 10.9 Å². The van der Waals surface area contributed by atoms with Crippen LogP contribution in [0.25, 0.3) is 0 Å². The monoisotopic (exact) mass is 286 g/mol. The van der Waals surface area contributed by atoms with Crippen molar-refractivity contribution >= 4 is 16.9 Å². The predicted molar refractivity (Wildman–Crippen MR) is 82.3 cm³/mol. The Balaban J connectivity index is 1.66. The van der Waals surface area contributed by atoms with Gasteiger partial charge in [0.2, 0.25) is 0 Å². The van der Waals surface area contributed by atoms with Gasteiger partial charge in [0.1, 0.15) is 5.82 Å². The lowest BCUT2D eigenvalue weighted by Gasteiger charge is -2.09. The van der Waals surface area contributed by atoms with Crippen molar-refractivity contribution in [3.8, 4) is 0 Å². The maximum atomic E-state index is 13.5. The second-order valence-corrected chi connectivity index (χ2v) is 5.64. The summed E-state index contributed by atoms with van der Waals surface area (Å²) < 4.78 is 13.5. The van der Waals surface area contributed by atoms with Crippen LogP contribution in [0.3, 0.4) is 0 Å². The predicted octanol–water partition coefficient (Wildman–Crippen LogP) is 3.76. The van der Waals surface area contributed by atoms with Crippen LogP contribution in [0.4, 0.5) is 4.39 Å². The largest absolute Gasteiger partial charge is 0.357 e. The summed E-state index contributed by atoms with van der Waals surface area (Å²) in [5.41, 5.74) is 1.89. The Bertz CT molecular complexity index is 613. The van der Waals surface area contributed by atoms with Gasteiger partial charge >= 0.3 is 0 Å². The maximum Gasteiger partial charge on any atom is 0.157 e. The van der Waals surface area contributed by atoms with Gasteiger partial charge in [0.25, 0.3) is 0 Å². The number of thioether (sulfide) groups is 1. The highest BCUT2D eigenvalue weighted by atomic mass is 32.2. The van der Waals surface area contributed by atoms with Crippen LogP contribution in [-0.2, 0) is 6.54 Å². The molecule has 102 valence electrons. The highest BCUT2D eigenvalue weighted by Crippen LogP contribution is 2.26. The fourth-order valence-electron chi connectivity index (χ4n) is 2.13. The molecule has 4 heteroatoms. The molecule has 0 saturated carbocycles. The Kier molecular flexibility index (Phi) is 4.02. The number of hydrogen-bond donors (Lipinski definition) is 1. The van der Waals surface area contributed by atoms with E-state index in [1.165, 1.54) is 11.6 Å². The van der Waals surface area contributed by atoms with Crippen molar-refractivity contribution in [2.24, 2.45) is 4.99 Å². The minimum Gasteiger partial charge on any atom is -0.357 e. The number of benzene rings is 2. The molecule has 0 spiro atoms. The van der Waals surface area contributed by atoms with Crippen LogP contribution >= 0.6 is 11.8 Å². The molecule has 0 aromatic heterocycles. The lowest BCUT2D eigenvalue weighted by molar-refractivity contribution is 0.610. The summed E-state index contributed by atoms with van der Waals surface area (Å²) in [5.74, 6) is 0.764. The SMILES string of the molecule is Fc1ccccc1CN=C1NC(c2ccccc2)CS1. The van der Waals surface area contributed by atoms with Crippen LogP contribution in [0.15, 0.2) is 59.6 Å². The first-order valence-electron chi connectivity index (χ1n) is 6.55. The third-order valence-electron chi connectivity index (χ3n) is 3.24. The van der Waals surface area contributed by atoms with E-state index in [-0.39, 0.29) is 5.82 Å². The number of rotatable bonds is 3. The van der Waals surface area contributed by atoms with Crippen molar-refractivity contribution in [2.75, 3.05) is 5.75 Å². The van der Waals surface area contributed by atoms with Gasteiger partial charge in [-0.15, -0.1) is 0 Å². The molecule has 1 fully saturated rings. The molecule has 1 aliphatic heterocycles. The molecule has 0 radical (unpaired) electrons. The topological polar surface area (TPSA) is 24.4 Å². The van der Waals surface area contributed by atoms with Crippen molar-refractivity contribution in [1.29, 1.82) is 0 Å². The highest BCUT2D eigenvalue weighted by molar-refractivity contribution is 8.14. The van der Waals surface area contributed by atoms with Gasteiger partial charge in [0.05, 0.1) is 12.6 Å². The van der Waals surface area contributed by atoms with Gasteiger partial charge in [0, 0.05) is 11.3 Å². The third-order valence-corrected chi connectivity index (χ3v) is 4.26. The molecule has 0 bridgehead atoms. The number of aliphatic imine (C=N–C) groups is 1. The Morgan fingerprint density at radius 2 is 1.85 bits per heavy atom. The Hall–Kier alpha value is -1.81. The molecule has 2 aromatic carbocycles. The number of hydrogen-bond acceptors (Lipinski definition) is 2. The molecule has 1 heterocycles. The van der Waals surface area contributed by atoms with E-state index in [4.69, 9.17) is 0 Å². The number of amidine groups is 1. The molecule has 1 saturated heterocycles. The normalized spacial score (nSPS) is 20.1. The molecule has 0 amide bonds. The first kappa shape index (κ1) is 13.2. The molecule has 1 atom stereocenters. The lowest BCUT2D eigenvalue weighted by Crippen LogP contribution is -2.19. The van der Waals surface area contributed by atoms with Crippen molar-refractivity contribution < 1.29 is 4.39 Å². The molecule has 1 aliphatic rings.